The first-order valence-corrected chi connectivity index (χ1v) is 13.5. The Hall–Kier alpha value is -6.20. The Bertz CT molecular complexity index is 3760. The topological polar surface area (TPSA) is 48.8 Å². The summed E-state index contributed by atoms with van der Waals surface area (Å²) in [5.74, 6) is -0.295. The fourth-order valence-corrected chi connectivity index (χ4v) is 5.76. The van der Waals surface area contributed by atoms with Crippen molar-refractivity contribution in [2.24, 2.45) is 0 Å². The van der Waals surface area contributed by atoms with Crippen molar-refractivity contribution in [3.8, 4) is 22.8 Å². The normalized spacial score (nSPS) is 18.2. The van der Waals surface area contributed by atoms with Crippen LogP contribution in [0.5, 0.6) is 0 Å². The second-order valence-corrected chi connectivity index (χ2v) is 9.98. The van der Waals surface area contributed by atoms with Crippen LogP contribution in [0.2, 0.25) is 0 Å². The van der Waals surface area contributed by atoms with E-state index >= 15 is 0 Å². The molecule has 0 bridgehead atoms. The summed E-state index contributed by atoms with van der Waals surface area (Å²) in [4.78, 5) is 9.13. The van der Waals surface area contributed by atoms with Crippen LogP contribution in [-0.4, -0.2) is 19.1 Å². The quantitative estimate of drug-likeness (QED) is 0.204. The summed E-state index contributed by atoms with van der Waals surface area (Å²) in [7, 11) is 0. The van der Waals surface area contributed by atoms with Crippen LogP contribution in [0.4, 0.5) is 0 Å². The SMILES string of the molecule is [2H]c1c([2H])c([2H])c(-n2c3c([2H])c([2H])c([2H])c([2H])c3c3c([2H])c([2H])c([2H])c([2H])c32)c(-c2ccc3oc4cnc(-n5c6c([2H])c([2H])c([2H])c([2H])c6c6c([2H])c([2H])c([2H])c([2H])c65)nc4c3c2)c1[2H]. The zero-order valence-corrected chi connectivity index (χ0v) is 22.5. The van der Waals surface area contributed by atoms with Crippen molar-refractivity contribution in [2.75, 3.05) is 0 Å². The Morgan fingerprint density at radius 2 is 1.07 bits per heavy atom. The molecule has 0 saturated heterocycles. The van der Waals surface area contributed by atoms with Crippen LogP contribution in [0.25, 0.3) is 88.4 Å². The first-order valence-electron chi connectivity index (χ1n) is 23.5. The van der Waals surface area contributed by atoms with Gasteiger partial charge in [0.25, 0.3) is 0 Å². The van der Waals surface area contributed by atoms with E-state index < -0.39 is 127 Å². The molecule has 5 nitrogen and oxygen atoms in total. The molecule has 0 radical (unpaired) electrons. The predicted molar refractivity (Wildman–Crippen MR) is 183 cm³/mol. The number of hydrogen-bond acceptors (Lipinski definition) is 3. The molecule has 210 valence electrons. The number of nitrogens with zero attached hydrogens (tertiary/aromatic N) is 4. The lowest BCUT2D eigenvalue weighted by molar-refractivity contribution is 0.665. The van der Waals surface area contributed by atoms with E-state index in [0.717, 1.165) is 9.13 Å². The van der Waals surface area contributed by atoms with Crippen molar-refractivity contribution >= 4 is 65.7 Å². The van der Waals surface area contributed by atoms with E-state index in [4.69, 9.17) is 34.1 Å². The second kappa shape index (κ2) is 9.15. The number of furan rings is 1. The number of fused-ring (bicyclic) bond motifs is 9. The zero-order chi connectivity index (χ0) is 46.9. The van der Waals surface area contributed by atoms with Crippen molar-refractivity contribution in [2.45, 2.75) is 0 Å². The largest absolute Gasteiger partial charge is 0.453 e. The Kier molecular flexibility index (Phi) is 2.45. The highest BCUT2D eigenvalue weighted by atomic mass is 16.3. The molecular formula is C40H24N4O. The third kappa shape index (κ3) is 3.43. The summed E-state index contributed by atoms with van der Waals surface area (Å²) in [6, 6.07) is -8.91. The maximum absolute atomic E-state index is 9.27. The molecule has 10 rings (SSSR count). The second-order valence-electron chi connectivity index (χ2n) is 9.98. The molecule has 6 aromatic carbocycles. The molecule has 0 saturated carbocycles. The van der Waals surface area contributed by atoms with E-state index in [1.165, 1.54) is 24.4 Å². The fraction of sp³-hybridized carbons (Fsp3) is 0. The van der Waals surface area contributed by atoms with E-state index in [1.807, 2.05) is 0 Å². The molecule has 0 N–H and O–H groups in total. The van der Waals surface area contributed by atoms with Gasteiger partial charge in [0.1, 0.15) is 11.1 Å². The number of rotatable bonds is 3. The first kappa shape index (κ1) is 12.1. The molecule has 10 aromatic rings. The van der Waals surface area contributed by atoms with Crippen LogP contribution in [0.1, 0.15) is 27.4 Å². The average molecular weight is 597 g/mol. The summed E-state index contributed by atoms with van der Waals surface area (Å²) in [6.07, 6.45) is 1.24. The Morgan fingerprint density at radius 3 is 1.69 bits per heavy atom. The van der Waals surface area contributed by atoms with Crippen LogP contribution in [0.15, 0.2) is 150 Å². The van der Waals surface area contributed by atoms with E-state index in [0.29, 0.717) is 0 Å². The minimum atomic E-state index is -0.764. The van der Waals surface area contributed by atoms with Gasteiger partial charge in [0.05, 0.1) is 61.4 Å². The molecule has 0 amide bonds. The Morgan fingerprint density at radius 1 is 0.533 bits per heavy atom. The number of aromatic nitrogens is 4. The summed E-state index contributed by atoms with van der Waals surface area (Å²) >= 11 is 0. The molecule has 0 fully saturated rings. The lowest BCUT2D eigenvalue weighted by Crippen LogP contribution is -2.00. The van der Waals surface area contributed by atoms with E-state index in [2.05, 4.69) is 4.98 Å². The van der Waals surface area contributed by atoms with Crippen LogP contribution in [-0.2, 0) is 0 Å². The standard InChI is InChI=1S/C40H24N4O/c1-6-16-32(43-33-17-7-2-12-27(33)28-13-3-8-18-34(28)43)26(11-1)25-21-22-37-31(23-25)39-38(45-37)24-41-40(42-39)44-35-19-9-4-14-29(35)30-15-5-10-20-36(30)44/h1-24H/i1D,2D,3D,4D,5D,6D,7D,8D,9D,10D,11D,12D,13D,14D,15D,16D,17D,18D,19D,20D. The fourth-order valence-electron chi connectivity index (χ4n) is 5.76. The molecule has 0 atom stereocenters. The first-order chi connectivity index (χ1) is 30.6. The van der Waals surface area contributed by atoms with Gasteiger partial charge in [0.2, 0.25) is 5.95 Å². The van der Waals surface area contributed by atoms with E-state index in [-0.39, 0.29) is 82.8 Å². The zero-order valence-electron chi connectivity index (χ0n) is 42.5. The number of para-hydroxylation sites is 5. The van der Waals surface area contributed by atoms with Crippen LogP contribution in [0, 0.1) is 0 Å². The molecule has 45 heavy (non-hydrogen) atoms. The highest BCUT2D eigenvalue weighted by molar-refractivity contribution is 6.11. The van der Waals surface area contributed by atoms with Gasteiger partial charge in [-0.15, -0.1) is 0 Å². The van der Waals surface area contributed by atoms with Gasteiger partial charge < -0.3 is 8.98 Å². The average Bonchev–Trinajstić information content (AvgIpc) is 3.97. The van der Waals surface area contributed by atoms with Gasteiger partial charge in [-0.25, -0.2) is 9.97 Å². The number of hydrogen-bond donors (Lipinski definition) is 0. The lowest BCUT2D eigenvalue weighted by Gasteiger charge is -2.14. The summed E-state index contributed by atoms with van der Waals surface area (Å²) in [5.41, 5.74) is -1.56. The minimum absolute atomic E-state index is 0.0472. The Balaban J connectivity index is 1.33. The van der Waals surface area contributed by atoms with Crippen molar-refractivity contribution < 1.29 is 31.8 Å². The molecule has 0 aliphatic heterocycles. The molecule has 5 heteroatoms. The third-order valence-corrected chi connectivity index (χ3v) is 7.64. The van der Waals surface area contributed by atoms with Gasteiger partial charge in [-0.05, 0) is 47.9 Å². The molecule has 0 aliphatic carbocycles. The third-order valence-electron chi connectivity index (χ3n) is 7.64. The predicted octanol–water partition coefficient (Wildman–Crippen LogP) is 10.2. The maximum atomic E-state index is 9.27. The maximum Gasteiger partial charge on any atom is 0.235 e. The lowest BCUT2D eigenvalue weighted by atomic mass is 10.0. The van der Waals surface area contributed by atoms with Gasteiger partial charge in [-0.1, -0.05) is 96.7 Å². The summed E-state index contributed by atoms with van der Waals surface area (Å²) in [5, 5.41) is -0.832. The molecule has 0 aliphatic rings. The van der Waals surface area contributed by atoms with Gasteiger partial charge in [-0.2, -0.15) is 0 Å². The summed E-state index contributed by atoms with van der Waals surface area (Å²) in [6.45, 7) is 0. The smallest absolute Gasteiger partial charge is 0.235 e. The molecule has 4 aromatic heterocycles. The van der Waals surface area contributed by atoms with Gasteiger partial charge in [0, 0.05) is 32.5 Å². The van der Waals surface area contributed by atoms with Crippen molar-refractivity contribution in [1.29, 1.82) is 0 Å². The van der Waals surface area contributed by atoms with Crippen LogP contribution >= 0.6 is 0 Å². The van der Waals surface area contributed by atoms with E-state index in [9.17, 15) is 2.74 Å². The molecule has 4 heterocycles. The number of benzene rings is 6. The van der Waals surface area contributed by atoms with E-state index in [1.54, 1.807) is 0 Å². The van der Waals surface area contributed by atoms with Gasteiger partial charge in [0.15, 0.2) is 5.58 Å². The van der Waals surface area contributed by atoms with Crippen LogP contribution in [0.3, 0.4) is 0 Å². The molecule has 0 spiro atoms. The van der Waals surface area contributed by atoms with Crippen molar-refractivity contribution in [3.63, 3.8) is 0 Å². The highest BCUT2D eigenvalue weighted by Crippen LogP contribution is 2.38. The highest BCUT2D eigenvalue weighted by Gasteiger charge is 2.19. The molecular weight excluding hydrogens is 552 g/mol. The molecule has 0 unspecified atom stereocenters. The van der Waals surface area contributed by atoms with Gasteiger partial charge >= 0.3 is 0 Å². The van der Waals surface area contributed by atoms with Crippen molar-refractivity contribution in [3.05, 3.63) is 145 Å². The summed E-state index contributed by atoms with van der Waals surface area (Å²) < 4.78 is 183. The Labute approximate surface area is 285 Å². The van der Waals surface area contributed by atoms with Crippen LogP contribution < -0.4 is 0 Å². The van der Waals surface area contributed by atoms with Gasteiger partial charge in [-0.3, -0.25) is 4.57 Å². The monoisotopic (exact) mass is 596 g/mol. The minimum Gasteiger partial charge on any atom is -0.453 e. The van der Waals surface area contributed by atoms with Crippen molar-refractivity contribution in [1.82, 2.24) is 19.1 Å².